The van der Waals surface area contributed by atoms with Crippen molar-refractivity contribution in [1.82, 2.24) is 5.16 Å². The van der Waals surface area contributed by atoms with Gasteiger partial charge in [-0.25, -0.2) is 4.79 Å². The zero-order valence-corrected chi connectivity index (χ0v) is 19.1. The van der Waals surface area contributed by atoms with E-state index in [4.69, 9.17) is 9.26 Å². The molecule has 6 heteroatoms. The van der Waals surface area contributed by atoms with Crippen LogP contribution in [-0.2, 0) is 4.74 Å². The number of nitrogens with one attached hydrogen (secondary N) is 1. The van der Waals surface area contributed by atoms with Crippen molar-refractivity contribution in [1.29, 1.82) is 0 Å². The van der Waals surface area contributed by atoms with Crippen molar-refractivity contribution in [2.45, 2.75) is 38.7 Å². The molecule has 0 saturated heterocycles. The molecule has 1 aliphatic rings. The molecule has 0 aliphatic heterocycles. The normalized spacial score (nSPS) is 13.9. The highest BCUT2D eigenvalue weighted by atomic mass is 16.6. The van der Waals surface area contributed by atoms with Gasteiger partial charge in [0, 0.05) is 5.56 Å². The second-order valence-corrected chi connectivity index (χ2v) is 8.71. The third kappa shape index (κ3) is 4.66. The van der Waals surface area contributed by atoms with Gasteiger partial charge in [0.25, 0.3) is 0 Å². The zero-order valence-electron chi connectivity index (χ0n) is 19.1. The molecular formula is C28H26N2O4. The van der Waals surface area contributed by atoms with Gasteiger partial charge in [-0.15, -0.1) is 0 Å². The Morgan fingerprint density at radius 2 is 1.68 bits per heavy atom. The molecule has 6 nitrogen and oxygen atoms in total. The Balaban J connectivity index is 1.30. The third-order valence-corrected chi connectivity index (χ3v) is 6.15. The summed E-state index contributed by atoms with van der Waals surface area (Å²) in [6.07, 6.45) is 1.42. The number of amides is 1. The molecule has 1 amide bonds. The predicted molar refractivity (Wildman–Crippen MR) is 131 cm³/mol. The molecule has 0 bridgehead atoms. The fourth-order valence-corrected chi connectivity index (χ4v) is 4.03. The molecule has 0 spiro atoms. The number of anilines is 1. The van der Waals surface area contributed by atoms with Gasteiger partial charge in [-0.3, -0.25) is 5.32 Å². The molecule has 5 rings (SSSR count). The highest BCUT2D eigenvalue weighted by Crippen LogP contribution is 2.40. The van der Waals surface area contributed by atoms with E-state index >= 15 is 0 Å². The van der Waals surface area contributed by atoms with E-state index in [9.17, 15) is 9.90 Å². The topological polar surface area (TPSA) is 84.6 Å². The summed E-state index contributed by atoms with van der Waals surface area (Å²) >= 11 is 0. The van der Waals surface area contributed by atoms with Crippen LogP contribution in [-0.4, -0.2) is 16.4 Å². The first-order valence-corrected chi connectivity index (χ1v) is 11.4. The monoisotopic (exact) mass is 454 g/mol. The molecule has 4 aromatic rings. The van der Waals surface area contributed by atoms with Gasteiger partial charge < -0.3 is 14.4 Å². The molecule has 0 radical (unpaired) electrons. The van der Waals surface area contributed by atoms with Gasteiger partial charge in [0.1, 0.15) is 23.2 Å². The van der Waals surface area contributed by atoms with Crippen LogP contribution >= 0.6 is 0 Å². The van der Waals surface area contributed by atoms with E-state index in [2.05, 4.69) is 34.7 Å². The van der Waals surface area contributed by atoms with E-state index in [-0.39, 0.29) is 5.75 Å². The lowest BCUT2D eigenvalue weighted by Gasteiger charge is -2.14. The Morgan fingerprint density at radius 3 is 2.32 bits per heavy atom. The molecule has 2 N–H and O–H groups in total. The number of aromatic nitrogens is 1. The Bertz CT molecular complexity index is 1310. The number of benzene rings is 3. The van der Waals surface area contributed by atoms with Gasteiger partial charge in [-0.1, -0.05) is 65.8 Å². The number of rotatable bonds is 6. The van der Waals surface area contributed by atoms with Crippen LogP contribution in [0.25, 0.3) is 22.5 Å². The summed E-state index contributed by atoms with van der Waals surface area (Å²) in [6.45, 7) is 3.50. The fourth-order valence-electron chi connectivity index (χ4n) is 4.03. The summed E-state index contributed by atoms with van der Waals surface area (Å²) in [4.78, 5) is 12.6. The number of phenolic OH excluding ortho intramolecular Hbond substituents is 1. The van der Waals surface area contributed by atoms with Crippen LogP contribution in [0.1, 0.15) is 48.6 Å². The first-order chi connectivity index (χ1) is 16.5. The van der Waals surface area contributed by atoms with E-state index in [0.717, 1.165) is 22.6 Å². The highest BCUT2D eigenvalue weighted by Gasteiger charge is 2.23. The first-order valence-electron chi connectivity index (χ1n) is 11.4. The maximum absolute atomic E-state index is 12.6. The predicted octanol–water partition coefficient (Wildman–Crippen LogP) is 7.21. The number of aryl methyl sites for hydroxylation is 1. The minimum atomic E-state index is -0.629. The lowest BCUT2D eigenvalue weighted by molar-refractivity contribution is 0.121. The summed E-state index contributed by atoms with van der Waals surface area (Å²) in [6, 6.07) is 23.4. The van der Waals surface area contributed by atoms with Gasteiger partial charge in [0.05, 0.1) is 0 Å². The molecule has 1 saturated carbocycles. The van der Waals surface area contributed by atoms with Crippen LogP contribution in [0.4, 0.5) is 10.5 Å². The quantitative estimate of drug-likeness (QED) is 0.321. The summed E-state index contributed by atoms with van der Waals surface area (Å²) < 4.78 is 11.0. The molecular weight excluding hydrogens is 428 g/mol. The molecule has 34 heavy (non-hydrogen) atoms. The molecule has 1 unspecified atom stereocenters. The van der Waals surface area contributed by atoms with Crippen molar-refractivity contribution < 1.29 is 19.2 Å². The number of hydrogen-bond donors (Lipinski definition) is 2. The van der Waals surface area contributed by atoms with Crippen LogP contribution in [0, 0.1) is 6.92 Å². The van der Waals surface area contributed by atoms with Crippen molar-refractivity contribution in [3.05, 3.63) is 89.6 Å². The van der Waals surface area contributed by atoms with Gasteiger partial charge in [0.2, 0.25) is 0 Å². The molecule has 1 aliphatic carbocycles. The lowest BCUT2D eigenvalue weighted by atomic mass is 10.0. The van der Waals surface area contributed by atoms with Crippen molar-refractivity contribution in [2.24, 2.45) is 0 Å². The third-order valence-electron chi connectivity index (χ3n) is 6.15. The molecule has 172 valence electrons. The Kier molecular flexibility index (Phi) is 5.80. The minimum Gasteiger partial charge on any atom is -0.508 e. The number of aromatic hydroxyl groups is 1. The van der Waals surface area contributed by atoms with Crippen molar-refractivity contribution in [3.63, 3.8) is 0 Å². The fraction of sp³-hybridized carbons (Fsp3) is 0.214. The number of nitrogens with zero attached hydrogens (tertiary/aromatic N) is 1. The second-order valence-electron chi connectivity index (χ2n) is 8.71. The number of hydrogen-bond acceptors (Lipinski definition) is 5. The minimum absolute atomic E-state index is 0.118. The maximum Gasteiger partial charge on any atom is 0.412 e. The van der Waals surface area contributed by atoms with E-state index in [1.807, 2.05) is 24.3 Å². The molecule has 1 fully saturated rings. The maximum atomic E-state index is 12.6. The smallest absolute Gasteiger partial charge is 0.412 e. The van der Waals surface area contributed by atoms with Crippen LogP contribution in [0.2, 0.25) is 0 Å². The zero-order chi connectivity index (χ0) is 23.7. The van der Waals surface area contributed by atoms with Crippen LogP contribution < -0.4 is 5.32 Å². The summed E-state index contributed by atoms with van der Waals surface area (Å²) in [5.74, 6) is 1.33. The Hall–Kier alpha value is -4.06. The van der Waals surface area contributed by atoms with E-state index < -0.39 is 12.2 Å². The first kappa shape index (κ1) is 21.8. The van der Waals surface area contributed by atoms with Crippen molar-refractivity contribution in [3.8, 4) is 28.2 Å². The van der Waals surface area contributed by atoms with Gasteiger partial charge in [-0.05, 0) is 67.0 Å². The molecule has 1 atom stereocenters. The van der Waals surface area contributed by atoms with Gasteiger partial charge >= 0.3 is 6.09 Å². The Labute approximate surface area is 198 Å². The number of ether oxygens (including phenoxy) is 1. The standard InChI is InChI=1S/C28H26N2O4/c1-17-26(29-28(32)33-18(2)24-4-3-5-25(31)16-24)27(34-30-17)23-14-12-22(13-15-23)21-10-8-20(9-11-21)19-6-7-19/h3-5,8-16,18-19,31H,6-7H2,1-2H3,(H,29,32). The molecule has 1 aromatic heterocycles. The van der Waals surface area contributed by atoms with Crippen molar-refractivity contribution in [2.75, 3.05) is 5.32 Å². The largest absolute Gasteiger partial charge is 0.508 e. The summed E-state index contributed by atoms with van der Waals surface area (Å²) in [7, 11) is 0. The number of phenols is 1. The van der Waals surface area contributed by atoms with E-state index in [0.29, 0.717) is 22.7 Å². The Morgan fingerprint density at radius 1 is 1.03 bits per heavy atom. The second kappa shape index (κ2) is 9.06. The van der Waals surface area contributed by atoms with E-state index in [1.54, 1.807) is 38.1 Å². The SMILES string of the molecule is Cc1noc(-c2ccc(-c3ccc(C4CC4)cc3)cc2)c1NC(=O)OC(C)c1cccc(O)c1. The van der Waals surface area contributed by atoms with Gasteiger partial charge in [0.15, 0.2) is 5.76 Å². The number of carbonyl (C=O) groups excluding carboxylic acids is 1. The molecule has 1 heterocycles. The highest BCUT2D eigenvalue weighted by molar-refractivity contribution is 5.91. The van der Waals surface area contributed by atoms with Crippen LogP contribution in [0.15, 0.2) is 77.3 Å². The lowest BCUT2D eigenvalue weighted by Crippen LogP contribution is -2.16. The summed E-state index contributed by atoms with van der Waals surface area (Å²) in [5, 5.41) is 16.4. The molecule has 3 aromatic carbocycles. The van der Waals surface area contributed by atoms with Crippen molar-refractivity contribution >= 4 is 11.8 Å². The van der Waals surface area contributed by atoms with Crippen LogP contribution in [0.3, 0.4) is 0 Å². The average Bonchev–Trinajstić information content (AvgIpc) is 3.64. The van der Waals surface area contributed by atoms with E-state index in [1.165, 1.54) is 18.4 Å². The average molecular weight is 455 g/mol. The number of carbonyl (C=O) groups is 1. The van der Waals surface area contributed by atoms with Crippen LogP contribution in [0.5, 0.6) is 5.75 Å². The summed E-state index contributed by atoms with van der Waals surface area (Å²) in [5.41, 5.74) is 6.20. The van der Waals surface area contributed by atoms with Gasteiger partial charge in [-0.2, -0.15) is 0 Å².